The lowest BCUT2D eigenvalue weighted by Gasteiger charge is -2.00. The molecule has 0 radical (unpaired) electrons. The SMILES string of the molecule is CC(C)C(=O)N/N=C/c1cccnc1. The highest BCUT2D eigenvalue weighted by Crippen LogP contribution is 1.92. The van der Waals surface area contributed by atoms with Crippen LogP contribution in [0.15, 0.2) is 29.6 Å². The van der Waals surface area contributed by atoms with Gasteiger partial charge < -0.3 is 0 Å². The van der Waals surface area contributed by atoms with Gasteiger partial charge in [-0.3, -0.25) is 9.78 Å². The van der Waals surface area contributed by atoms with Crippen molar-refractivity contribution in [1.82, 2.24) is 10.4 Å². The Bertz CT molecular complexity index is 319. The van der Waals surface area contributed by atoms with Gasteiger partial charge in [0.15, 0.2) is 0 Å². The van der Waals surface area contributed by atoms with Gasteiger partial charge in [-0.2, -0.15) is 5.10 Å². The molecule has 0 fully saturated rings. The zero-order valence-electron chi connectivity index (χ0n) is 8.27. The average Bonchev–Trinajstić information content (AvgIpc) is 2.19. The molecule has 1 aromatic rings. The first-order valence-corrected chi connectivity index (χ1v) is 4.43. The van der Waals surface area contributed by atoms with Gasteiger partial charge in [0.2, 0.25) is 5.91 Å². The van der Waals surface area contributed by atoms with E-state index in [1.807, 2.05) is 26.0 Å². The van der Waals surface area contributed by atoms with Gasteiger partial charge in [0.25, 0.3) is 0 Å². The van der Waals surface area contributed by atoms with Crippen LogP contribution in [0, 0.1) is 5.92 Å². The molecule has 0 aromatic carbocycles. The molecule has 0 unspecified atom stereocenters. The summed E-state index contributed by atoms with van der Waals surface area (Å²) in [4.78, 5) is 15.0. The summed E-state index contributed by atoms with van der Waals surface area (Å²) in [6.07, 6.45) is 4.92. The summed E-state index contributed by atoms with van der Waals surface area (Å²) in [6.45, 7) is 3.63. The molecule has 0 saturated heterocycles. The van der Waals surface area contributed by atoms with E-state index in [2.05, 4.69) is 15.5 Å². The first-order valence-electron chi connectivity index (χ1n) is 4.43. The first kappa shape index (κ1) is 10.4. The van der Waals surface area contributed by atoms with E-state index in [4.69, 9.17) is 0 Å². The van der Waals surface area contributed by atoms with Crippen LogP contribution in [0.3, 0.4) is 0 Å². The van der Waals surface area contributed by atoms with Crippen molar-refractivity contribution in [3.05, 3.63) is 30.1 Å². The highest BCUT2D eigenvalue weighted by atomic mass is 16.2. The number of nitrogens with zero attached hydrogens (tertiary/aromatic N) is 2. The van der Waals surface area contributed by atoms with E-state index >= 15 is 0 Å². The molecular formula is C10H13N3O. The maximum absolute atomic E-state index is 11.1. The van der Waals surface area contributed by atoms with E-state index in [0.717, 1.165) is 5.56 Å². The summed E-state index contributed by atoms with van der Waals surface area (Å²) < 4.78 is 0. The Balaban J connectivity index is 2.46. The number of hydrogen-bond acceptors (Lipinski definition) is 3. The lowest BCUT2D eigenvalue weighted by molar-refractivity contribution is -0.123. The molecule has 1 N–H and O–H groups in total. The molecule has 0 aliphatic heterocycles. The predicted molar refractivity (Wildman–Crippen MR) is 54.8 cm³/mol. The molecule has 4 heteroatoms. The number of amides is 1. The summed E-state index contributed by atoms with van der Waals surface area (Å²) in [5.74, 6) is -0.147. The Labute approximate surface area is 83.1 Å². The third-order valence-electron chi connectivity index (χ3n) is 1.60. The number of pyridine rings is 1. The van der Waals surface area contributed by atoms with Crippen LogP contribution in [-0.2, 0) is 4.79 Å². The van der Waals surface area contributed by atoms with Crippen LogP contribution in [0.4, 0.5) is 0 Å². The normalized spacial score (nSPS) is 10.8. The number of hydrazone groups is 1. The molecule has 14 heavy (non-hydrogen) atoms. The molecule has 1 heterocycles. The van der Waals surface area contributed by atoms with E-state index in [9.17, 15) is 4.79 Å². The Morgan fingerprint density at radius 2 is 2.43 bits per heavy atom. The summed E-state index contributed by atoms with van der Waals surface area (Å²) in [7, 11) is 0. The zero-order valence-corrected chi connectivity index (χ0v) is 8.27. The van der Waals surface area contributed by atoms with E-state index in [0.29, 0.717) is 0 Å². The molecule has 1 rings (SSSR count). The Morgan fingerprint density at radius 3 is 3.00 bits per heavy atom. The van der Waals surface area contributed by atoms with E-state index in [1.54, 1.807) is 18.6 Å². The van der Waals surface area contributed by atoms with Gasteiger partial charge in [-0.25, -0.2) is 5.43 Å². The van der Waals surface area contributed by atoms with Crippen LogP contribution in [0.5, 0.6) is 0 Å². The van der Waals surface area contributed by atoms with Gasteiger partial charge in [0.05, 0.1) is 6.21 Å². The van der Waals surface area contributed by atoms with Crippen LogP contribution in [0.1, 0.15) is 19.4 Å². The predicted octanol–water partition coefficient (Wildman–Crippen LogP) is 1.19. The van der Waals surface area contributed by atoms with Gasteiger partial charge in [-0.15, -0.1) is 0 Å². The number of carbonyl (C=O) groups excluding carboxylic acids is 1. The molecule has 74 valence electrons. The zero-order chi connectivity index (χ0) is 10.4. The Morgan fingerprint density at radius 1 is 1.64 bits per heavy atom. The minimum atomic E-state index is -0.0925. The Hall–Kier alpha value is -1.71. The molecule has 1 amide bonds. The van der Waals surface area contributed by atoms with Gasteiger partial charge in [0, 0.05) is 23.9 Å². The third-order valence-corrected chi connectivity index (χ3v) is 1.60. The number of aromatic nitrogens is 1. The quantitative estimate of drug-likeness (QED) is 0.576. The van der Waals surface area contributed by atoms with E-state index < -0.39 is 0 Å². The van der Waals surface area contributed by atoms with Crippen molar-refractivity contribution < 1.29 is 4.79 Å². The van der Waals surface area contributed by atoms with Crippen molar-refractivity contribution in [2.45, 2.75) is 13.8 Å². The van der Waals surface area contributed by atoms with Crippen LogP contribution in [-0.4, -0.2) is 17.1 Å². The van der Waals surface area contributed by atoms with Crippen molar-refractivity contribution in [2.24, 2.45) is 11.0 Å². The Kier molecular flexibility index (Phi) is 3.79. The highest BCUT2D eigenvalue weighted by molar-refractivity contribution is 5.82. The van der Waals surface area contributed by atoms with Gasteiger partial charge in [0.1, 0.15) is 0 Å². The summed E-state index contributed by atoms with van der Waals surface area (Å²) >= 11 is 0. The maximum atomic E-state index is 11.1. The lowest BCUT2D eigenvalue weighted by Crippen LogP contribution is -2.22. The molecule has 0 aliphatic carbocycles. The number of hydrogen-bond donors (Lipinski definition) is 1. The lowest BCUT2D eigenvalue weighted by atomic mass is 10.2. The van der Waals surface area contributed by atoms with Crippen molar-refractivity contribution in [1.29, 1.82) is 0 Å². The summed E-state index contributed by atoms with van der Waals surface area (Å²) in [5, 5.41) is 3.80. The topological polar surface area (TPSA) is 54.4 Å². The minimum Gasteiger partial charge on any atom is -0.273 e. The molecule has 0 aliphatic rings. The molecule has 1 aromatic heterocycles. The standard InChI is InChI=1S/C10H13N3O/c1-8(2)10(14)13-12-7-9-4-3-5-11-6-9/h3-8H,1-2H3,(H,13,14)/b12-7+. The number of nitrogens with one attached hydrogen (secondary N) is 1. The van der Waals surface area contributed by atoms with E-state index in [1.165, 1.54) is 0 Å². The van der Waals surface area contributed by atoms with Gasteiger partial charge >= 0.3 is 0 Å². The molecule has 0 spiro atoms. The summed E-state index contributed by atoms with van der Waals surface area (Å²) in [5.41, 5.74) is 3.29. The maximum Gasteiger partial charge on any atom is 0.242 e. The second-order valence-electron chi connectivity index (χ2n) is 3.18. The second-order valence-corrected chi connectivity index (χ2v) is 3.18. The molecule has 0 bridgehead atoms. The first-order chi connectivity index (χ1) is 6.70. The fourth-order valence-corrected chi connectivity index (χ4v) is 0.752. The largest absolute Gasteiger partial charge is 0.273 e. The average molecular weight is 191 g/mol. The third kappa shape index (κ3) is 3.35. The fraction of sp³-hybridized carbons (Fsp3) is 0.300. The van der Waals surface area contributed by atoms with Gasteiger partial charge in [-0.1, -0.05) is 19.9 Å². The van der Waals surface area contributed by atoms with Gasteiger partial charge in [-0.05, 0) is 6.07 Å². The highest BCUT2D eigenvalue weighted by Gasteiger charge is 2.03. The van der Waals surface area contributed by atoms with Crippen molar-refractivity contribution in [3.8, 4) is 0 Å². The van der Waals surface area contributed by atoms with Crippen LogP contribution in [0.25, 0.3) is 0 Å². The van der Waals surface area contributed by atoms with E-state index in [-0.39, 0.29) is 11.8 Å². The molecule has 4 nitrogen and oxygen atoms in total. The second kappa shape index (κ2) is 5.11. The van der Waals surface area contributed by atoms with Crippen molar-refractivity contribution in [3.63, 3.8) is 0 Å². The molecule has 0 saturated carbocycles. The monoisotopic (exact) mass is 191 g/mol. The molecular weight excluding hydrogens is 178 g/mol. The van der Waals surface area contributed by atoms with Crippen LogP contribution in [0.2, 0.25) is 0 Å². The smallest absolute Gasteiger partial charge is 0.242 e. The van der Waals surface area contributed by atoms with Crippen molar-refractivity contribution in [2.75, 3.05) is 0 Å². The van der Waals surface area contributed by atoms with Crippen LogP contribution >= 0.6 is 0 Å². The summed E-state index contributed by atoms with van der Waals surface area (Å²) in [6, 6.07) is 3.67. The van der Waals surface area contributed by atoms with Crippen molar-refractivity contribution >= 4 is 12.1 Å². The number of carbonyl (C=O) groups is 1. The number of rotatable bonds is 3. The minimum absolute atomic E-state index is 0.0546. The fourth-order valence-electron chi connectivity index (χ4n) is 0.752. The van der Waals surface area contributed by atoms with Crippen LogP contribution < -0.4 is 5.43 Å². The molecule has 0 atom stereocenters.